The van der Waals surface area contributed by atoms with Crippen molar-refractivity contribution in [3.63, 3.8) is 0 Å². The third kappa shape index (κ3) is 2.52. The topological polar surface area (TPSA) is 62.1 Å². The second kappa shape index (κ2) is 6.16. The number of quaternary nitrogens is 1. The average molecular weight is 374 g/mol. The van der Waals surface area contributed by atoms with Crippen molar-refractivity contribution in [3.8, 4) is 0 Å². The lowest BCUT2D eigenvalue weighted by molar-refractivity contribution is -0.943. The second-order valence-electron chi connectivity index (χ2n) is 8.06. The van der Waals surface area contributed by atoms with Gasteiger partial charge in [-0.05, 0) is 37.1 Å². The van der Waals surface area contributed by atoms with E-state index in [-0.39, 0.29) is 12.1 Å². The van der Waals surface area contributed by atoms with Crippen molar-refractivity contribution in [2.45, 2.75) is 57.0 Å². The monoisotopic (exact) mass is 374 g/mol. The normalized spacial score (nSPS) is 29.8. The molecule has 4 amide bonds. The SMILES string of the molecule is O=C1C(=O)N(C2CCCC2)C(=O)N1C[NH+]1CCc2sccc2[C@@H]1C1CC1. The molecule has 1 aromatic rings. The fourth-order valence-electron chi connectivity index (χ4n) is 5.02. The maximum absolute atomic E-state index is 12.9. The summed E-state index contributed by atoms with van der Waals surface area (Å²) in [5, 5.41) is 2.15. The molecule has 3 fully saturated rings. The van der Waals surface area contributed by atoms with Gasteiger partial charge in [0.1, 0.15) is 6.04 Å². The van der Waals surface area contributed by atoms with Crippen molar-refractivity contribution in [1.29, 1.82) is 0 Å². The van der Waals surface area contributed by atoms with Gasteiger partial charge >= 0.3 is 17.8 Å². The van der Waals surface area contributed by atoms with Crippen LogP contribution in [0, 0.1) is 5.92 Å². The maximum atomic E-state index is 12.9. The lowest BCUT2D eigenvalue weighted by atomic mass is 9.96. The average Bonchev–Trinajstić information content (AvgIpc) is 3.04. The Kier molecular flexibility index (Phi) is 3.90. The van der Waals surface area contributed by atoms with E-state index in [1.807, 2.05) is 11.3 Å². The van der Waals surface area contributed by atoms with Crippen LogP contribution in [0.15, 0.2) is 11.4 Å². The Morgan fingerprint density at radius 2 is 1.85 bits per heavy atom. The fraction of sp³-hybridized carbons (Fsp3) is 0.632. The van der Waals surface area contributed by atoms with Crippen LogP contribution in [0.4, 0.5) is 4.79 Å². The van der Waals surface area contributed by atoms with Crippen LogP contribution in [0.1, 0.15) is 55.0 Å². The molecular weight excluding hydrogens is 350 g/mol. The first kappa shape index (κ1) is 16.4. The van der Waals surface area contributed by atoms with E-state index in [1.54, 1.807) is 0 Å². The molecule has 0 bridgehead atoms. The molecule has 2 atom stereocenters. The quantitative estimate of drug-likeness (QED) is 0.639. The van der Waals surface area contributed by atoms with E-state index < -0.39 is 11.8 Å². The van der Waals surface area contributed by atoms with Crippen LogP contribution in [0.5, 0.6) is 0 Å². The number of fused-ring (bicyclic) bond motifs is 1. The third-order valence-electron chi connectivity index (χ3n) is 6.46. The van der Waals surface area contributed by atoms with E-state index in [0.29, 0.717) is 18.6 Å². The van der Waals surface area contributed by atoms with Crippen molar-refractivity contribution in [2.75, 3.05) is 13.2 Å². The predicted molar refractivity (Wildman–Crippen MR) is 95.5 cm³/mol. The largest absolute Gasteiger partial charge is 0.338 e. The zero-order valence-corrected chi connectivity index (χ0v) is 15.6. The van der Waals surface area contributed by atoms with E-state index >= 15 is 0 Å². The molecule has 1 aromatic heterocycles. The summed E-state index contributed by atoms with van der Waals surface area (Å²) in [7, 11) is 0. The van der Waals surface area contributed by atoms with Crippen LogP contribution in [0.2, 0.25) is 0 Å². The van der Waals surface area contributed by atoms with Gasteiger partial charge in [-0.15, -0.1) is 11.3 Å². The highest BCUT2D eigenvalue weighted by atomic mass is 32.1. The summed E-state index contributed by atoms with van der Waals surface area (Å²) in [5.74, 6) is -0.592. The third-order valence-corrected chi connectivity index (χ3v) is 7.45. The molecule has 2 aliphatic carbocycles. The highest BCUT2D eigenvalue weighted by molar-refractivity contribution is 7.10. The lowest BCUT2D eigenvalue weighted by Gasteiger charge is -2.34. The van der Waals surface area contributed by atoms with Gasteiger partial charge < -0.3 is 4.90 Å². The van der Waals surface area contributed by atoms with Crippen molar-refractivity contribution in [3.05, 3.63) is 21.9 Å². The maximum Gasteiger partial charge on any atom is 0.338 e. The summed E-state index contributed by atoms with van der Waals surface area (Å²) in [5.41, 5.74) is 1.40. The van der Waals surface area contributed by atoms with Crippen LogP contribution in [-0.2, 0) is 16.0 Å². The highest BCUT2D eigenvalue weighted by Crippen LogP contribution is 2.42. The van der Waals surface area contributed by atoms with E-state index in [1.165, 1.54) is 38.0 Å². The predicted octanol–water partition coefficient (Wildman–Crippen LogP) is 1.33. The molecule has 2 saturated carbocycles. The van der Waals surface area contributed by atoms with Gasteiger partial charge in [-0.1, -0.05) is 12.8 Å². The first-order valence-electron chi connectivity index (χ1n) is 9.75. The second-order valence-corrected chi connectivity index (χ2v) is 9.06. The Hall–Kier alpha value is -1.73. The zero-order valence-electron chi connectivity index (χ0n) is 14.8. The Balaban J connectivity index is 1.38. The molecule has 7 heteroatoms. The number of hydrogen-bond acceptors (Lipinski definition) is 4. The molecule has 2 aliphatic heterocycles. The number of amides is 4. The van der Waals surface area contributed by atoms with E-state index in [4.69, 9.17) is 0 Å². The number of nitrogens with one attached hydrogen (secondary N) is 1. The van der Waals surface area contributed by atoms with Gasteiger partial charge in [-0.3, -0.25) is 14.5 Å². The van der Waals surface area contributed by atoms with Gasteiger partial charge in [0.2, 0.25) is 0 Å². The number of carbonyl (C=O) groups excluding carboxylic acids is 3. The Labute approximate surface area is 156 Å². The number of rotatable bonds is 4. The Bertz CT molecular complexity index is 766. The molecule has 138 valence electrons. The van der Waals surface area contributed by atoms with Gasteiger partial charge in [0.25, 0.3) is 0 Å². The zero-order chi connectivity index (χ0) is 17.8. The fourth-order valence-corrected chi connectivity index (χ4v) is 5.95. The molecule has 5 rings (SSSR count). The minimum atomic E-state index is -0.625. The number of urea groups is 1. The van der Waals surface area contributed by atoms with E-state index in [9.17, 15) is 14.4 Å². The first-order valence-corrected chi connectivity index (χ1v) is 10.6. The van der Waals surface area contributed by atoms with Gasteiger partial charge in [0.05, 0.1) is 6.54 Å². The Morgan fingerprint density at radius 3 is 2.58 bits per heavy atom. The summed E-state index contributed by atoms with van der Waals surface area (Å²) in [4.78, 5) is 43.1. The number of nitrogens with zero attached hydrogens (tertiary/aromatic N) is 2. The van der Waals surface area contributed by atoms with Crippen LogP contribution in [0.25, 0.3) is 0 Å². The summed E-state index contributed by atoms with van der Waals surface area (Å²) in [6.07, 6.45) is 7.14. The molecule has 0 spiro atoms. The highest BCUT2D eigenvalue weighted by Gasteiger charge is 2.51. The molecule has 4 aliphatic rings. The smallest absolute Gasteiger partial charge is 0.311 e. The van der Waals surface area contributed by atoms with Crippen LogP contribution >= 0.6 is 11.3 Å². The van der Waals surface area contributed by atoms with E-state index in [0.717, 1.165) is 38.6 Å². The number of thiophene rings is 1. The minimum absolute atomic E-state index is 0.0805. The van der Waals surface area contributed by atoms with Gasteiger partial charge in [0, 0.05) is 28.8 Å². The van der Waals surface area contributed by atoms with Crippen LogP contribution in [-0.4, -0.2) is 46.9 Å². The number of hydrogen-bond donors (Lipinski definition) is 1. The molecule has 6 nitrogen and oxygen atoms in total. The summed E-state index contributed by atoms with van der Waals surface area (Å²) in [6.45, 7) is 1.24. The van der Waals surface area contributed by atoms with Crippen LogP contribution < -0.4 is 4.90 Å². The molecule has 1 N–H and O–H groups in total. The molecule has 26 heavy (non-hydrogen) atoms. The van der Waals surface area contributed by atoms with Crippen molar-refractivity contribution in [2.24, 2.45) is 5.92 Å². The molecule has 1 unspecified atom stereocenters. The van der Waals surface area contributed by atoms with Crippen molar-refractivity contribution >= 4 is 29.2 Å². The van der Waals surface area contributed by atoms with Crippen molar-refractivity contribution < 1.29 is 19.3 Å². The molecule has 0 radical (unpaired) electrons. The molecule has 0 aromatic carbocycles. The number of carbonyl (C=O) groups is 3. The summed E-state index contributed by atoms with van der Waals surface area (Å²) in [6, 6.07) is 2.11. The summed E-state index contributed by atoms with van der Waals surface area (Å²) >= 11 is 1.81. The van der Waals surface area contributed by atoms with E-state index in [2.05, 4.69) is 11.4 Å². The molecule has 3 heterocycles. The van der Waals surface area contributed by atoms with Crippen LogP contribution in [0.3, 0.4) is 0 Å². The van der Waals surface area contributed by atoms with Crippen molar-refractivity contribution in [1.82, 2.24) is 9.80 Å². The minimum Gasteiger partial charge on any atom is -0.311 e. The summed E-state index contributed by atoms with van der Waals surface area (Å²) < 4.78 is 0. The van der Waals surface area contributed by atoms with Gasteiger partial charge in [0.15, 0.2) is 6.67 Å². The Morgan fingerprint density at radius 1 is 1.08 bits per heavy atom. The molecule has 1 saturated heterocycles. The first-order chi connectivity index (χ1) is 12.6. The lowest BCUT2D eigenvalue weighted by Crippen LogP contribution is -3.15. The van der Waals surface area contributed by atoms with Gasteiger partial charge in [-0.2, -0.15) is 0 Å². The molecular formula is C19H24N3O3S+. The standard InChI is InChI=1S/C19H23N3O3S/c23-17-18(24)22(13-3-1-2-4-13)19(25)21(17)11-20-9-7-15-14(8-10-26-15)16(20)12-5-6-12/h8,10,12-13,16H,1-7,9,11H2/p+1/t16-/m0/s1. The van der Waals surface area contributed by atoms with Gasteiger partial charge in [-0.25, -0.2) is 9.69 Å². The number of imide groups is 2.